The number of amides is 1. The fourth-order valence-electron chi connectivity index (χ4n) is 3.78. The maximum absolute atomic E-state index is 12.5. The molecule has 1 N–H and O–H groups in total. The van der Waals surface area contributed by atoms with Crippen molar-refractivity contribution in [2.24, 2.45) is 0 Å². The molecule has 0 spiro atoms. The number of nitrogens with one attached hydrogen (secondary N) is 1. The lowest BCUT2D eigenvalue weighted by Gasteiger charge is -2.14. The van der Waals surface area contributed by atoms with E-state index in [1.165, 1.54) is 12.8 Å². The van der Waals surface area contributed by atoms with Crippen molar-refractivity contribution in [2.75, 3.05) is 0 Å². The van der Waals surface area contributed by atoms with Gasteiger partial charge in [-0.15, -0.1) is 0 Å². The van der Waals surface area contributed by atoms with Crippen LogP contribution in [0.5, 0.6) is 5.75 Å². The van der Waals surface area contributed by atoms with E-state index in [-0.39, 0.29) is 5.91 Å². The van der Waals surface area contributed by atoms with Gasteiger partial charge in [0.15, 0.2) is 6.10 Å². The summed E-state index contributed by atoms with van der Waals surface area (Å²) in [7, 11) is 0. The molecule has 0 saturated heterocycles. The van der Waals surface area contributed by atoms with E-state index in [0.717, 1.165) is 29.8 Å². The topological polar surface area (TPSA) is 69.0 Å². The molecule has 29 heavy (non-hydrogen) atoms. The summed E-state index contributed by atoms with van der Waals surface area (Å²) in [5.74, 6) is 0.523. The van der Waals surface area contributed by atoms with Crippen molar-refractivity contribution >= 4 is 5.91 Å². The highest BCUT2D eigenvalue weighted by atomic mass is 16.5. The summed E-state index contributed by atoms with van der Waals surface area (Å²) in [4.78, 5) is 16.6. The Morgan fingerprint density at radius 1 is 1.17 bits per heavy atom. The van der Waals surface area contributed by atoms with Crippen LogP contribution in [0, 0.1) is 0 Å². The Balaban J connectivity index is 1.45. The van der Waals surface area contributed by atoms with Crippen LogP contribution in [-0.2, 0) is 11.3 Å². The first kappa shape index (κ1) is 19.2. The first-order valence-corrected chi connectivity index (χ1v) is 10.2. The number of nitrogens with zero attached hydrogens (tertiary/aromatic N) is 3. The Morgan fingerprint density at radius 2 is 1.90 bits per heavy atom. The summed E-state index contributed by atoms with van der Waals surface area (Å²) in [6.45, 7) is 2.13. The summed E-state index contributed by atoms with van der Waals surface area (Å²) in [5, 5.41) is 7.77. The second kappa shape index (κ2) is 8.90. The Kier molecular flexibility index (Phi) is 5.89. The van der Waals surface area contributed by atoms with Gasteiger partial charge in [-0.25, -0.2) is 0 Å². The summed E-state index contributed by atoms with van der Waals surface area (Å²) in [5.41, 5.74) is 3.03. The predicted molar refractivity (Wildman–Crippen MR) is 111 cm³/mol. The smallest absolute Gasteiger partial charge is 0.261 e. The molecule has 1 aliphatic carbocycles. The number of rotatable bonds is 7. The second-order valence-electron chi connectivity index (χ2n) is 7.43. The largest absolute Gasteiger partial charge is 0.481 e. The molecule has 0 unspecified atom stereocenters. The van der Waals surface area contributed by atoms with Gasteiger partial charge >= 0.3 is 0 Å². The van der Waals surface area contributed by atoms with Crippen molar-refractivity contribution < 1.29 is 9.53 Å². The van der Waals surface area contributed by atoms with E-state index in [2.05, 4.69) is 21.0 Å². The molecule has 3 aromatic rings. The van der Waals surface area contributed by atoms with Crippen LogP contribution in [0.1, 0.15) is 44.3 Å². The number of carbonyl (C=O) groups excluding carboxylic acids is 1. The Labute approximate surface area is 170 Å². The van der Waals surface area contributed by atoms with Crippen LogP contribution in [0.25, 0.3) is 11.3 Å². The highest BCUT2D eigenvalue weighted by Crippen LogP contribution is 2.33. The molecule has 1 amide bonds. The molecule has 0 aliphatic heterocycles. The molecule has 1 fully saturated rings. The van der Waals surface area contributed by atoms with Gasteiger partial charge < -0.3 is 10.1 Å². The molecule has 1 saturated carbocycles. The molecule has 0 bridgehead atoms. The van der Waals surface area contributed by atoms with Gasteiger partial charge in [-0.3, -0.25) is 14.5 Å². The second-order valence-corrected chi connectivity index (χ2v) is 7.43. The fraction of sp³-hybridized carbons (Fsp3) is 0.348. The van der Waals surface area contributed by atoms with Crippen LogP contribution < -0.4 is 10.1 Å². The lowest BCUT2D eigenvalue weighted by molar-refractivity contribution is -0.127. The quantitative estimate of drug-likeness (QED) is 0.658. The molecule has 1 aromatic carbocycles. The number of ether oxygens (including phenoxy) is 1. The molecular weight excluding hydrogens is 364 g/mol. The zero-order chi connectivity index (χ0) is 20.1. The fourth-order valence-corrected chi connectivity index (χ4v) is 3.78. The number of carbonyl (C=O) groups is 1. The molecule has 1 atom stereocenters. The molecule has 6 heteroatoms. The SMILES string of the molecule is C[C@@H](Oc1ccccc1)C(=O)NCc1cc(-c2ccncc2)n(C2CCCC2)n1. The number of aromatic nitrogens is 3. The Hall–Kier alpha value is -3.15. The molecule has 2 heterocycles. The number of hydrogen-bond donors (Lipinski definition) is 1. The average molecular weight is 390 g/mol. The predicted octanol–water partition coefficient (Wildman–Crippen LogP) is 4.14. The highest BCUT2D eigenvalue weighted by Gasteiger charge is 2.22. The van der Waals surface area contributed by atoms with E-state index in [9.17, 15) is 4.79 Å². The monoisotopic (exact) mass is 390 g/mol. The van der Waals surface area contributed by atoms with Crippen LogP contribution in [0.3, 0.4) is 0 Å². The lowest BCUT2D eigenvalue weighted by atomic mass is 10.1. The standard InChI is InChI=1S/C23H26N4O2/c1-17(29-21-9-3-2-4-10-21)23(28)25-16-19-15-22(18-11-13-24-14-12-18)27(26-19)20-7-5-6-8-20/h2-4,9-15,17,20H,5-8,16H2,1H3,(H,25,28)/t17-/m1/s1. The number of hydrogen-bond acceptors (Lipinski definition) is 4. The molecule has 4 rings (SSSR count). The third kappa shape index (κ3) is 4.65. The van der Waals surface area contributed by atoms with E-state index >= 15 is 0 Å². The van der Waals surface area contributed by atoms with E-state index < -0.39 is 6.10 Å². The highest BCUT2D eigenvalue weighted by molar-refractivity contribution is 5.80. The first-order chi connectivity index (χ1) is 14.2. The van der Waals surface area contributed by atoms with Crippen molar-refractivity contribution in [1.82, 2.24) is 20.1 Å². The van der Waals surface area contributed by atoms with Crippen molar-refractivity contribution in [3.05, 3.63) is 66.6 Å². The summed E-state index contributed by atoms with van der Waals surface area (Å²) >= 11 is 0. The summed E-state index contributed by atoms with van der Waals surface area (Å²) in [6.07, 6.45) is 7.79. The van der Waals surface area contributed by atoms with Crippen LogP contribution in [0.4, 0.5) is 0 Å². The van der Waals surface area contributed by atoms with E-state index in [1.54, 1.807) is 19.3 Å². The molecule has 6 nitrogen and oxygen atoms in total. The van der Waals surface area contributed by atoms with Gasteiger partial charge in [-0.1, -0.05) is 31.0 Å². The summed E-state index contributed by atoms with van der Waals surface area (Å²) < 4.78 is 7.83. The molecular formula is C23H26N4O2. The van der Waals surface area contributed by atoms with Crippen molar-refractivity contribution in [2.45, 2.75) is 51.3 Å². The molecule has 0 radical (unpaired) electrons. The summed E-state index contributed by atoms with van der Waals surface area (Å²) in [6, 6.07) is 15.9. The van der Waals surface area contributed by atoms with E-state index in [1.807, 2.05) is 42.5 Å². The van der Waals surface area contributed by atoms with Gasteiger partial charge in [0.05, 0.1) is 24.0 Å². The lowest BCUT2D eigenvalue weighted by Crippen LogP contribution is -2.36. The van der Waals surface area contributed by atoms with Crippen LogP contribution in [0.15, 0.2) is 60.9 Å². The maximum Gasteiger partial charge on any atom is 0.261 e. The van der Waals surface area contributed by atoms with Crippen molar-refractivity contribution in [3.8, 4) is 17.0 Å². The van der Waals surface area contributed by atoms with Crippen LogP contribution >= 0.6 is 0 Å². The third-order valence-electron chi connectivity index (χ3n) is 5.30. The average Bonchev–Trinajstić information content (AvgIpc) is 3.43. The minimum atomic E-state index is -0.575. The van der Waals surface area contributed by atoms with Crippen LogP contribution in [-0.4, -0.2) is 26.8 Å². The minimum absolute atomic E-state index is 0.158. The minimum Gasteiger partial charge on any atom is -0.481 e. The zero-order valence-electron chi connectivity index (χ0n) is 16.6. The number of para-hydroxylation sites is 1. The van der Waals surface area contributed by atoms with Gasteiger partial charge in [0.1, 0.15) is 5.75 Å². The van der Waals surface area contributed by atoms with Gasteiger partial charge in [0, 0.05) is 18.0 Å². The Morgan fingerprint density at radius 3 is 2.62 bits per heavy atom. The van der Waals surface area contributed by atoms with Crippen LogP contribution in [0.2, 0.25) is 0 Å². The van der Waals surface area contributed by atoms with Crippen molar-refractivity contribution in [1.29, 1.82) is 0 Å². The normalized spacial score (nSPS) is 15.2. The number of benzene rings is 1. The number of pyridine rings is 1. The third-order valence-corrected chi connectivity index (χ3v) is 5.30. The van der Waals surface area contributed by atoms with E-state index in [0.29, 0.717) is 18.3 Å². The van der Waals surface area contributed by atoms with E-state index in [4.69, 9.17) is 9.84 Å². The Bertz CT molecular complexity index is 934. The van der Waals surface area contributed by atoms with Gasteiger partial charge in [-0.2, -0.15) is 5.10 Å². The first-order valence-electron chi connectivity index (χ1n) is 10.2. The maximum atomic E-state index is 12.5. The molecule has 150 valence electrons. The zero-order valence-corrected chi connectivity index (χ0v) is 16.6. The van der Waals surface area contributed by atoms with Crippen molar-refractivity contribution in [3.63, 3.8) is 0 Å². The van der Waals surface area contributed by atoms with Gasteiger partial charge in [-0.05, 0) is 50.1 Å². The van der Waals surface area contributed by atoms with Gasteiger partial charge in [0.25, 0.3) is 5.91 Å². The van der Waals surface area contributed by atoms with Gasteiger partial charge in [0.2, 0.25) is 0 Å². The molecule has 1 aliphatic rings. The molecule has 2 aromatic heterocycles.